The number of hydrogen-bond donors (Lipinski definition) is 1. The van der Waals surface area contributed by atoms with Crippen LogP contribution >= 0.6 is 11.3 Å². The van der Waals surface area contributed by atoms with Crippen molar-refractivity contribution in [3.63, 3.8) is 0 Å². The van der Waals surface area contributed by atoms with E-state index >= 15 is 0 Å². The molecule has 2 N–H and O–H groups in total. The van der Waals surface area contributed by atoms with Crippen molar-refractivity contribution in [2.45, 2.75) is 25.8 Å². The lowest BCUT2D eigenvalue weighted by molar-refractivity contribution is 0.261. The van der Waals surface area contributed by atoms with Gasteiger partial charge in [0.2, 0.25) is 0 Å². The van der Waals surface area contributed by atoms with Crippen LogP contribution in [0.2, 0.25) is 0 Å². The Labute approximate surface area is 113 Å². The normalized spacial score (nSPS) is 26.1. The fourth-order valence-electron chi connectivity index (χ4n) is 3.15. The standard InChI is InChI=1S/C13H22N4S/c14-13-15-7-12(18-13)10-17-6-3-11(9-17)8-16-4-1-2-5-16/h7,11H,1-6,8-10H2,(H2,14,15). The quantitative estimate of drug-likeness (QED) is 0.900. The molecule has 5 heteroatoms. The first-order valence-electron chi connectivity index (χ1n) is 6.94. The Kier molecular flexibility index (Phi) is 3.82. The van der Waals surface area contributed by atoms with E-state index in [4.69, 9.17) is 5.73 Å². The summed E-state index contributed by atoms with van der Waals surface area (Å²) in [7, 11) is 0. The van der Waals surface area contributed by atoms with Crippen LogP contribution in [0.4, 0.5) is 5.13 Å². The molecule has 18 heavy (non-hydrogen) atoms. The number of hydrogen-bond acceptors (Lipinski definition) is 5. The van der Waals surface area contributed by atoms with E-state index in [2.05, 4.69) is 14.8 Å². The highest BCUT2D eigenvalue weighted by atomic mass is 32.1. The summed E-state index contributed by atoms with van der Waals surface area (Å²) < 4.78 is 0. The van der Waals surface area contributed by atoms with Crippen LogP contribution in [0.15, 0.2) is 6.20 Å². The Morgan fingerprint density at radius 3 is 2.83 bits per heavy atom. The molecule has 0 aromatic carbocycles. The van der Waals surface area contributed by atoms with Crippen molar-refractivity contribution >= 4 is 16.5 Å². The summed E-state index contributed by atoms with van der Waals surface area (Å²) in [6.07, 6.45) is 6.08. The molecule has 2 aliphatic heterocycles. The van der Waals surface area contributed by atoms with Crippen molar-refractivity contribution in [2.24, 2.45) is 5.92 Å². The second kappa shape index (κ2) is 5.55. The molecule has 4 nitrogen and oxygen atoms in total. The van der Waals surface area contributed by atoms with E-state index in [1.807, 2.05) is 6.20 Å². The molecule has 0 spiro atoms. The van der Waals surface area contributed by atoms with Gasteiger partial charge in [0, 0.05) is 30.7 Å². The number of anilines is 1. The van der Waals surface area contributed by atoms with Gasteiger partial charge in [0.05, 0.1) is 0 Å². The maximum Gasteiger partial charge on any atom is 0.180 e. The van der Waals surface area contributed by atoms with Crippen LogP contribution in [0.25, 0.3) is 0 Å². The molecule has 0 bridgehead atoms. The molecule has 0 radical (unpaired) electrons. The first kappa shape index (κ1) is 12.4. The minimum Gasteiger partial charge on any atom is -0.375 e. The van der Waals surface area contributed by atoms with E-state index in [9.17, 15) is 0 Å². The molecule has 1 aromatic heterocycles. The fourth-order valence-corrected chi connectivity index (χ4v) is 3.88. The Hall–Kier alpha value is -0.650. The molecule has 1 aromatic rings. The molecule has 100 valence electrons. The van der Waals surface area contributed by atoms with Crippen LogP contribution in [0, 0.1) is 5.92 Å². The number of rotatable bonds is 4. The van der Waals surface area contributed by atoms with Crippen molar-refractivity contribution in [1.29, 1.82) is 0 Å². The van der Waals surface area contributed by atoms with Gasteiger partial charge >= 0.3 is 0 Å². The predicted molar refractivity (Wildman–Crippen MR) is 75.6 cm³/mol. The average Bonchev–Trinajstić information content (AvgIpc) is 3.04. The smallest absolute Gasteiger partial charge is 0.180 e. The van der Waals surface area contributed by atoms with Crippen LogP contribution in [0.3, 0.4) is 0 Å². The van der Waals surface area contributed by atoms with Crippen LogP contribution < -0.4 is 5.73 Å². The van der Waals surface area contributed by atoms with Gasteiger partial charge in [-0.3, -0.25) is 4.90 Å². The third kappa shape index (κ3) is 3.02. The number of nitrogens with two attached hydrogens (primary N) is 1. The first-order chi connectivity index (χ1) is 8.79. The van der Waals surface area contributed by atoms with Gasteiger partial charge in [0.25, 0.3) is 0 Å². The summed E-state index contributed by atoms with van der Waals surface area (Å²) in [4.78, 5) is 10.6. The second-order valence-corrected chi connectivity index (χ2v) is 6.71. The maximum absolute atomic E-state index is 5.67. The molecule has 0 amide bonds. The highest BCUT2D eigenvalue weighted by Crippen LogP contribution is 2.23. The molecule has 1 atom stereocenters. The molecule has 2 fully saturated rings. The van der Waals surface area contributed by atoms with Crippen LogP contribution in [-0.4, -0.2) is 47.5 Å². The van der Waals surface area contributed by atoms with E-state index in [-0.39, 0.29) is 0 Å². The largest absolute Gasteiger partial charge is 0.375 e. The van der Waals surface area contributed by atoms with Gasteiger partial charge in [-0.25, -0.2) is 4.98 Å². The molecule has 0 aliphatic carbocycles. The van der Waals surface area contributed by atoms with Crippen molar-refractivity contribution < 1.29 is 0 Å². The molecule has 2 aliphatic rings. The number of nitrogen functional groups attached to an aromatic ring is 1. The number of aromatic nitrogens is 1. The first-order valence-corrected chi connectivity index (χ1v) is 7.76. The van der Waals surface area contributed by atoms with E-state index in [1.54, 1.807) is 11.3 Å². The number of thiazole rings is 1. The summed E-state index contributed by atoms with van der Waals surface area (Å²) >= 11 is 1.62. The van der Waals surface area contributed by atoms with Crippen molar-refractivity contribution in [3.05, 3.63) is 11.1 Å². The average molecular weight is 266 g/mol. The van der Waals surface area contributed by atoms with E-state index in [0.717, 1.165) is 12.5 Å². The zero-order valence-electron chi connectivity index (χ0n) is 10.8. The Bertz CT molecular complexity index is 386. The number of nitrogens with zero attached hydrogens (tertiary/aromatic N) is 3. The Morgan fingerprint density at radius 1 is 1.28 bits per heavy atom. The summed E-state index contributed by atoms with van der Waals surface area (Å²) in [6.45, 7) is 7.46. The lowest BCUT2D eigenvalue weighted by atomic mass is 10.1. The number of likely N-dealkylation sites (tertiary alicyclic amines) is 2. The molecular formula is C13H22N4S. The molecule has 0 saturated carbocycles. The zero-order valence-corrected chi connectivity index (χ0v) is 11.7. The van der Waals surface area contributed by atoms with Gasteiger partial charge in [0.15, 0.2) is 5.13 Å². The summed E-state index contributed by atoms with van der Waals surface area (Å²) in [5.74, 6) is 0.869. The third-order valence-corrected chi connectivity index (χ3v) is 4.85. The van der Waals surface area contributed by atoms with E-state index < -0.39 is 0 Å². The minimum atomic E-state index is 0.692. The van der Waals surface area contributed by atoms with E-state index in [0.29, 0.717) is 5.13 Å². The van der Waals surface area contributed by atoms with Crippen molar-refractivity contribution in [3.8, 4) is 0 Å². The molecule has 3 heterocycles. The summed E-state index contributed by atoms with van der Waals surface area (Å²) in [5.41, 5.74) is 5.67. The molecule has 1 unspecified atom stereocenters. The van der Waals surface area contributed by atoms with Crippen molar-refractivity contribution in [2.75, 3.05) is 38.5 Å². The molecule has 3 rings (SSSR count). The van der Waals surface area contributed by atoms with Gasteiger partial charge in [0.1, 0.15) is 0 Å². The van der Waals surface area contributed by atoms with Gasteiger partial charge < -0.3 is 10.6 Å². The van der Waals surface area contributed by atoms with Crippen molar-refractivity contribution in [1.82, 2.24) is 14.8 Å². The second-order valence-electron chi connectivity index (χ2n) is 5.56. The van der Waals surface area contributed by atoms with Gasteiger partial charge in [-0.05, 0) is 44.8 Å². The third-order valence-electron chi connectivity index (χ3n) is 4.04. The summed E-state index contributed by atoms with van der Waals surface area (Å²) in [5, 5.41) is 0.692. The Morgan fingerprint density at radius 2 is 2.11 bits per heavy atom. The minimum absolute atomic E-state index is 0.692. The van der Waals surface area contributed by atoms with Crippen LogP contribution in [0.5, 0.6) is 0 Å². The molecule has 2 saturated heterocycles. The highest BCUT2D eigenvalue weighted by molar-refractivity contribution is 7.15. The van der Waals surface area contributed by atoms with Crippen LogP contribution in [0.1, 0.15) is 24.1 Å². The molecular weight excluding hydrogens is 244 g/mol. The lowest BCUT2D eigenvalue weighted by Gasteiger charge is -2.20. The monoisotopic (exact) mass is 266 g/mol. The lowest BCUT2D eigenvalue weighted by Crippen LogP contribution is -2.28. The van der Waals surface area contributed by atoms with Gasteiger partial charge in [-0.15, -0.1) is 11.3 Å². The topological polar surface area (TPSA) is 45.4 Å². The SMILES string of the molecule is Nc1ncc(CN2CCC(CN3CCCC3)C2)s1. The van der Waals surface area contributed by atoms with E-state index in [1.165, 1.54) is 56.9 Å². The summed E-state index contributed by atoms with van der Waals surface area (Å²) in [6, 6.07) is 0. The maximum atomic E-state index is 5.67. The zero-order chi connectivity index (χ0) is 12.4. The predicted octanol–water partition coefficient (Wildman–Crippen LogP) is 1.64. The van der Waals surface area contributed by atoms with Crippen LogP contribution in [-0.2, 0) is 6.54 Å². The highest BCUT2D eigenvalue weighted by Gasteiger charge is 2.25. The van der Waals surface area contributed by atoms with Gasteiger partial charge in [-0.1, -0.05) is 0 Å². The van der Waals surface area contributed by atoms with Gasteiger partial charge in [-0.2, -0.15) is 0 Å². The Balaban J connectivity index is 1.46. The fraction of sp³-hybridized carbons (Fsp3) is 0.769.